The zero-order chi connectivity index (χ0) is 11.8. The van der Waals surface area contributed by atoms with Crippen LogP contribution in [0.2, 0.25) is 0 Å². The molecule has 0 saturated heterocycles. The molecule has 0 saturated carbocycles. The van der Waals surface area contributed by atoms with Gasteiger partial charge in [-0.25, -0.2) is 0 Å². The van der Waals surface area contributed by atoms with E-state index >= 15 is 0 Å². The Kier molecular flexibility index (Phi) is 6.69. The Morgan fingerprint density at radius 3 is 2.81 bits per heavy atom. The molecule has 0 fully saturated rings. The molecule has 16 heavy (non-hydrogen) atoms. The number of rotatable bonds is 8. The first kappa shape index (κ1) is 13.7. The average Bonchev–Trinajstić information content (AvgIpc) is 2.69. The monoisotopic (exact) mass is 241 g/mol. The van der Waals surface area contributed by atoms with Crippen molar-refractivity contribution in [3.05, 3.63) is 22.4 Å². The van der Waals surface area contributed by atoms with Gasteiger partial charge in [0.2, 0.25) is 0 Å². The summed E-state index contributed by atoms with van der Waals surface area (Å²) in [5.41, 5.74) is 0. The van der Waals surface area contributed by atoms with Crippen LogP contribution >= 0.6 is 11.3 Å². The zero-order valence-corrected chi connectivity index (χ0v) is 11.3. The average molecular weight is 241 g/mol. The quantitative estimate of drug-likeness (QED) is 0.707. The molecule has 2 nitrogen and oxygen atoms in total. The summed E-state index contributed by atoms with van der Waals surface area (Å²) in [6.07, 6.45) is 1.11. The van der Waals surface area contributed by atoms with E-state index in [-0.39, 0.29) is 0 Å². The molecule has 1 aromatic heterocycles. The van der Waals surface area contributed by atoms with E-state index in [1.807, 2.05) is 11.3 Å². The Labute approximate surface area is 103 Å². The third-order valence-corrected chi connectivity index (χ3v) is 3.18. The van der Waals surface area contributed by atoms with Crippen molar-refractivity contribution < 1.29 is 4.74 Å². The van der Waals surface area contributed by atoms with E-state index in [1.165, 1.54) is 4.88 Å². The number of ether oxygens (including phenoxy) is 1. The number of hydrogen-bond donors (Lipinski definition) is 1. The Morgan fingerprint density at radius 2 is 2.19 bits per heavy atom. The van der Waals surface area contributed by atoms with Crippen LogP contribution in [0, 0.1) is 5.92 Å². The summed E-state index contributed by atoms with van der Waals surface area (Å²) in [6, 6.07) is 4.83. The van der Waals surface area contributed by atoms with E-state index in [9.17, 15) is 0 Å². The molecule has 0 radical (unpaired) electrons. The highest BCUT2D eigenvalue weighted by molar-refractivity contribution is 7.09. The maximum atomic E-state index is 5.52. The molecule has 0 aliphatic heterocycles. The molecule has 0 aromatic carbocycles. The molecule has 92 valence electrons. The van der Waals surface area contributed by atoms with Crippen molar-refractivity contribution in [3.8, 4) is 0 Å². The molecule has 1 N–H and O–H groups in total. The Hall–Kier alpha value is -0.380. The van der Waals surface area contributed by atoms with Gasteiger partial charge in [0.05, 0.1) is 6.61 Å². The third kappa shape index (κ3) is 6.26. The van der Waals surface area contributed by atoms with E-state index in [0.29, 0.717) is 12.0 Å². The predicted octanol–water partition coefficient (Wildman–Crippen LogP) is 2.94. The zero-order valence-electron chi connectivity index (χ0n) is 10.5. The number of hydrogen-bond acceptors (Lipinski definition) is 3. The standard InChI is InChI=1S/C13H23NOS/c1-11(2)10-15-7-6-14-12(3)9-13-5-4-8-16-13/h4-5,8,11-12,14H,6-7,9-10H2,1-3H3. The molecule has 0 spiro atoms. The lowest BCUT2D eigenvalue weighted by Gasteiger charge is -2.13. The lowest BCUT2D eigenvalue weighted by atomic mass is 10.2. The summed E-state index contributed by atoms with van der Waals surface area (Å²) >= 11 is 1.83. The molecular weight excluding hydrogens is 218 g/mol. The topological polar surface area (TPSA) is 21.3 Å². The Balaban J connectivity index is 2.00. The largest absolute Gasteiger partial charge is 0.380 e. The van der Waals surface area contributed by atoms with Gasteiger partial charge in [0, 0.05) is 24.1 Å². The maximum absolute atomic E-state index is 5.52. The summed E-state index contributed by atoms with van der Waals surface area (Å²) in [5, 5.41) is 5.61. The van der Waals surface area contributed by atoms with Gasteiger partial charge >= 0.3 is 0 Å². The summed E-state index contributed by atoms with van der Waals surface area (Å²) in [5.74, 6) is 0.628. The van der Waals surface area contributed by atoms with Crippen molar-refractivity contribution in [2.75, 3.05) is 19.8 Å². The molecule has 1 heterocycles. The highest BCUT2D eigenvalue weighted by Gasteiger charge is 2.03. The predicted molar refractivity (Wildman–Crippen MR) is 71.1 cm³/mol. The normalized spacial score (nSPS) is 13.2. The highest BCUT2D eigenvalue weighted by atomic mass is 32.1. The number of nitrogens with one attached hydrogen (secondary N) is 1. The van der Waals surface area contributed by atoms with Crippen molar-refractivity contribution in [1.29, 1.82) is 0 Å². The first-order valence-corrected chi connectivity index (χ1v) is 6.90. The molecule has 0 aliphatic rings. The van der Waals surface area contributed by atoms with Crippen LogP contribution in [0.15, 0.2) is 17.5 Å². The van der Waals surface area contributed by atoms with Crippen LogP contribution in [0.1, 0.15) is 25.6 Å². The Morgan fingerprint density at radius 1 is 1.38 bits per heavy atom. The van der Waals surface area contributed by atoms with E-state index in [1.54, 1.807) is 0 Å². The van der Waals surface area contributed by atoms with E-state index in [0.717, 1.165) is 26.2 Å². The summed E-state index contributed by atoms with van der Waals surface area (Å²) in [7, 11) is 0. The van der Waals surface area contributed by atoms with Crippen LogP contribution in [-0.4, -0.2) is 25.8 Å². The maximum Gasteiger partial charge on any atom is 0.0591 e. The minimum absolute atomic E-state index is 0.529. The SMILES string of the molecule is CC(C)COCCNC(C)Cc1cccs1. The fourth-order valence-corrected chi connectivity index (χ4v) is 2.33. The van der Waals surface area contributed by atoms with E-state index < -0.39 is 0 Å². The third-order valence-electron chi connectivity index (χ3n) is 2.28. The molecule has 3 heteroatoms. The van der Waals surface area contributed by atoms with Crippen LogP contribution in [0.25, 0.3) is 0 Å². The minimum Gasteiger partial charge on any atom is -0.380 e. The van der Waals surface area contributed by atoms with Gasteiger partial charge in [-0.1, -0.05) is 19.9 Å². The molecule has 1 rings (SSSR count). The molecule has 1 atom stereocenters. The van der Waals surface area contributed by atoms with E-state index in [2.05, 4.69) is 43.6 Å². The molecule has 0 bridgehead atoms. The van der Waals surface area contributed by atoms with Gasteiger partial charge in [-0.05, 0) is 30.7 Å². The van der Waals surface area contributed by atoms with Gasteiger partial charge in [-0.2, -0.15) is 0 Å². The van der Waals surface area contributed by atoms with Crippen molar-refractivity contribution in [1.82, 2.24) is 5.32 Å². The lowest BCUT2D eigenvalue weighted by Crippen LogP contribution is -2.31. The summed E-state index contributed by atoms with van der Waals surface area (Å²) in [4.78, 5) is 1.45. The van der Waals surface area contributed by atoms with Gasteiger partial charge in [0.25, 0.3) is 0 Å². The first-order valence-electron chi connectivity index (χ1n) is 6.02. The van der Waals surface area contributed by atoms with Crippen LogP contribution in [0.4, 0.5) is 0 Å². The molecule has 1 aromatic rings. The fourth-order valence-electron chi connectivity index (χ4n) is 1.50. The smallest absolute Gasteiger partial charge is 0.0591 e. The van der Waals surface area contributed by atoms with Crippen molar-refractivity contribution >= 4 is 11.3 Å². The molecule has 0 aliphatic carbocycles. The number of thiophene rings is 1. The Bertz CT molecular complexity index is 259. The molecule has 1 unspecified atom stereocenters. The summed E-state index contributed by atoms with van der Waals surface area (Å²) in [6.45, 7) is 9.19. The fraction of sp³-hybridized carbons (Fsp3) is 0.692. The molecule has 0 amide bonds. The second-order valence-corrected chi connectivity index (χ2v) is 5.64. The van der Waals surface area contributed by atoms with E-state index in [4.69, 9.17) is 4.74 Å². The molecular formula is C13H23NOS. The van der Waals surface area contributed by atoms with Crippen molar-refractivity contribution in [3.63, 3.8) is 0 Å². The first-order chi connectivity index (χ1) is 7.68. The van der Waals surface area contributed by atoms with Gasteiger partial charge in [0.1, 0.15) is 0 Å². The second-order valence-electron chi connectivity index (χ2n) is 4.61. The minimum atomic E-state index is 0.529. The van der Waals surface area contributed by atoms with Crippen molar-refractivity contribution in [2.45, 2.75) is 33.2 Å². The van der Waals surface area contributed by atoms with Crippen LogP contribution < -0.4 is 5.32 Å². The van der Waals surface area contributed by atoms with Gasteiger partial charge in [-0.3, -0.25) is 0 Å². The van der Waals surface area contributed by atoms with Gasteiger partial charge in [-0.15, -0.1) is 11.3 Å². The summed E-state index contributed by atoms with van der Waals surface area (Å²) < 4.78 is 5.52. The van der Waals surface area contributed by atoms with Crippen LogP contribution in [0.3, 0.4) is 0 Å². The second kappa shape index (κ2) is 7.82. The van der Waals surface area contributed by atoms with Gasteiger partial charge in [0.15, 0.2) is 0 Å². The van der Waals surface area contributed by atoms with Crippen LogP contribution in [-0.2, 0) is 11.2 Å². The van der Waals surface area contributed by atoms with Gasteiger partial charge < -0.3 is 10.1 Å². The van der Waals surface area contributed by atoms with Crippen LogP contribution in [0.5, 0.6) is 0 Å². The van der Waals surface area contributed by atoms with Crippen molar-refractivity contribution in [2.24, 2.45) is 5.92 Å². The highest BCUT2D eigenvalue weighted by Crippen LogP contribution is 2.10. The lowest BCUT2D eigenvalue weighted by molar-refractivity contribution is 0.110.